The molecule has 6 nitrogen and oxygen atoms in total. The van der Waals surface area contributed by atoms with Crippen LogP contribution in [0, 0.1) is 0 Å². The maximum absolute atomic E-state index is 12.2. The molecule has 0 fully saturated rings. The molecular weight excluding hydrogens is 326 g/mol. The maximum atomic E-state index is 12.2. The minimum absolute atomic E-state index is 0.0148. The summed E-state index contributed by atoms with van der Waals surface area (Å²) in [7, 11) is 3.93. The Hall–Kier alpha value is -3.15. The van der Waals surface area contributed by atoms with Crippen molar-refractivity contribution in [3.63, 3.8) is 0 Å². The molecule has 6 heteroatoms. The number of aromatic amines is 1. The first kappa shape index (κ1) is 16.3. The number of fused-ring (bicyclic) bond motifs is 1. The molecule has 132 valence electrons. The van der Waals surface area contributed by atoms with Crippen molar-refractivity contribution in [2.75, 3.05) is 19.0 Å². The van der Waals surface area contributed by atoms with E-state index < -0.39 is 0 Å². The van der Waals surface area contributed by atoms with Gasteiger partial charge >= 0.3 is 0 Å². The van der Waals surface area contributed by atoms with Gasteiger partial charge in [0.15, 0.2) is 0 Å². The van der Waals surface area contributed by atoms with Crippen LogP contribution >= 0.6 is 0 Å². The topological polar surface area (TPSA) is 73.9 Å². The predicted molar refractivity (Wildman–Crippen MR) is 102 cm³/mol. The first-order chi connectivity index (χ1) is 12.5. The molecule has 26 heavy (non-hydrogen) atoms. The largest absolute Gasteiger partial charge is 0.363 e. The molecule has 0 aromatic carbocycles. The minimum atomic E-state index is -0.0148. The third-order valence-corrected chi connectivity index (χ3v) is 4.60. The van der Waals surface area contributed by atoms with E-state index in [1.165, 1.54) is 0 Å². The fraction of sp³-hybridized carbons (Fsp3) is 0.250. The fourth-order valence-corrected chi connectivity index (χ4v) is 3.23. The number of carbonyl (C=O) groups is 1. The Morgan fingerprint density at radius 2 is 1.96 bits per heavy atom. The van der Waals surface area contributed by atoms with Crippen LogP contribution in [0.3, 0.4) is 0 Å². The summed E-state index contributed by atoms with van der Waals surface area (Å²) in [4.78, 5) is 26.4. The van der Waals surface area contributed by atoms with E-state index in [1.807, 2.05) is 62.4 Å². The monoisotopic (exact) mass is 347 g/mol. The molecule has 1 unspecified atom stereocenters. The zero-order chi connectivity index (χ0) is 18.3. The van der Waals surface area contributed by atoms with Crippen LogP contribution in [0.2, 0.25) is 0 Å². The van der Waals surface area contributed by atoms with Crippen LogP contribution in [-0.2, 0) is 6.42 Å². The molecule has 0 spiro atoms. The standard InChI is InChI=1S/C20H21N5O/c1-12-8-18-15(20(26)23-12)10-17(24-18)13-6-7-21-16(9-13)14-4-5-19(22-11-14)25(2)3/h4-7,9-12,24H,8H2,1-3H3,(H,23,26). The summed E-state index contributed by atoms with van der Waals surface area (Å²) in [5, 5.41) is 2.97. The van der Waals surface area contributed by atoms with E-state index in [9.17, 15) is 4.79 Å². The molecule has 1 aliphatic heterocycles. The average molecular weight is 347 g/mol. The highest BCUT2D eigenvalue weighted by Gasteiger charge is 2.24. The number of hydrogen-bond donors (Lipinski definition) is 2. The van der Waals surface area contributed by atoms with Gasteiger partial charge in [-0.25, -0.2) is 4.98 Å². The molecular formula is C20H21N5O. The van der Waals surface area contributed by atoms with E-state index in [4.69, 9.17) is 0 Å². The molecule has 1 amide bonds. The molecule has 0 saturated heterocycles. The first-order valence-corrected chi connectivity index (χ1v) is 8.64. The van der Waals surface area contributed by atoms with Gasteiger partial charge in [-0.2, -0.15) is 0 Å². The Morgan fingerprint density at radius 3 is 2.69 bits per heavy atom. The van der Waals surface area contributed by atoms with E-state index in [-0.39, 0.29) is 11.9 Å². The Balaban J connectivity index is 1.68. The van der Waals surface area contributed by atoms with Crippen molar-refractivity contribution < 1.29 is 4.79 Å². The van der Waals surface area contributed by atoms with Crippen LogP contribution in [0.5, 0.6) is 0 Å². The van der Waals surface area contributed by atoms with E-state index in [0.717, 1.165) is 46.0 Å². The predicted octanol–water partition coefficient (Wildman–Crippen LogP) is 2.88. The number of aromatic nitrogens is 3. The summed E-state index contributed by atoms with van der Waals surface area (Å²) < 4.78 is 0. The van der Waals surface area contributed by atoms with Gasteiger partial charge in [0.1, 0.15) is 5.82 Å². The lowest BCUT2D eigenvalue weighted by Crippen LogP contribution is -2.38. The third-order valence-electron chi connectivity index (χ3n) is 4.60. The Bertz CT molecular complexity index is 959. The molecule has 3 aromatic heterocycles. The van der Waals surface area contributed by atoms with Crippen molar-refractivity contribution in [1.82, 2.24) is 20.3 Å². The molecule has 4 rings (SSSR count). The van der Waals surface area contributed by atoms with Gasteiger partial charge in [0.2, 0.25) is 0 Å². The number of nitrogens with one attached hydrogen (secondary N) is 2. The molecule has 1 atom stereocenters. The van der Waals surface area contributed by atoms with Crippen molar-refractivity contribution in [3.8, 4) is 22.5 Å². The molecule has 0 bridgehead atoms. The van der Waals surface area contributed by atoms with Crippen molar-refractivity contribution >= 4 is 11.7 Å². The summed E-state index contributed by atoms with van der Waals surface area (Å²) in [6.45, 7) is 2.01. The van der Waals surface area contributed by atoms with Gasteiger partial charge in [0.05, 0.1) is 11.3 Å². The van der Waals surface area contributed by atoms with Crippen molar-refractivity contribution in [2.45, 2.75) is 19.4 Å². The second-order valence-corrected chi connectivity index (χ2v) is 6.88. The molecule has 0 radical (unpaired) electrons. The zero-order valence-corrected chi connectivity index (χ0v) is 15.1. The van der Waals surface area contributed by atoms with Gasteiger partial charge < -0.3 is 15.2 Å². The summed E-state index contributed by atoms with van der Waals surface area (Å²) in [6, 6.07) is 10.0. The van der Waals surface area contributed by atoms with E-state index >= 15 is 0 Å². The molecule has 3 aromatic rings. The SMILES string of the molecule is CC1Cc2[nH]c(-c3ccnc(-c4ccc(N(C)C)nc4)c3)cc2C(=O)N1. The number of rotatable bonds is 3. The van der Waals surface area contributed by atoms with Gasteiger partial charge in [-0.15, -0.1) is 0 Å². The van der Waals surface area contributed by atoms with Crippen molar-refractivity contribution in [3.05, 3.63) is 54.0 Å². The fourth-order valence-electron chi connectivity index (χ4n) is 3.23. The second-order valence-electron chi connectivity index (χ2n) is 6.88. The van der Waals surface area contributed by atoms with Gasteiger partial charge in [-0.3, -0.25) is 9.78 Å². The van der Waals surface area contributed by atoms with E-state index in [2.05, 4.69) is 20.3 Å². The number of nitrogens with zero attached hydrogens (tertiary/aromatic N) is 3. The lowest BCUT2D eigenvalue weighted by Gasteiger charge is -2.19. The van der Waals surface area contributed by atoms with Crippen LogP contribution in [0.1, 0.15) is 23.0 Å². The molecule has 1 aliphatic rings. The summed E-state index contributed by atoms with van der Waals surface area (Å²) in [5.74, 6) is 0.890. The lowest BCUT2D eigenvalue weighted by molar-refractivity contribution is 0.0929. The van der Waals surface area contributed by atoms with Crippen LogP contribution in [0.15, 0.2) is 42.7 Å². The van der Waals surface area contributed by atoms with Crippen molar-refractivity contribution in [2.24, 2.45) is 0 Å². The number of carbonyl (C=O) groups excluding carboxylic acids is 1. The van der Waals surface area contributed by atoms with Gasteiger partial charge in [-0.1, -0.05) is 0 Å². The van der Waals surface area contributed by atoms with Gasteiger partial charge in [-0.05, 0) is 37.3 Å². The molecule has 4 heterocycles. The highest BCUT2D eigenvalue weighted by Crippen LogP contribution is 2.28. The number of pyridine rings is 2. The summed E-state index contributed by atoms with van der Waals surface area (Å²) in [5.41, 5.74) is 5.47. The molecule has 2 N–H and O–H groups in total. The zero-order valence-electron chi connectivity index (χ0n) is 15.1. The number of H-pyrrole nitrogens is 1. The Labute approximate surface area is 152 Å². The third kappa shape index (κ3) is 2.94. The van der Waals surface area contributed by atoms with Crippen molar-refractivity contribution in [1.29, 1.82) is 0 Å². The van der Waals surface area contributed by atoms with E-state index in [0.29, 0.717) is 0 Å². The van der Waals surface area contributed by atoms with E-state index in [1.54, 1.807) is 6.20 Å². The average Bonchev–Trinajstić information content (AvgIpc) is 3.06. The first-order valence-electron chi connectivity index (χ1n) is 8.64. The Kier molecular flexibility index (Phi) is 3.95. The lowest BCUT2D eigenvalue weighted by atomic mass is 10.0. The highest BCUT2D eigenvalue weighted by molar-refractivity contribution is 5.98. The minimum Gasteiger partial charge on any atom is -0.363 e. The Morgan fingerprint density at radius 1 is 1.12 bits per heavy atom. The normalized spacial score (nSPS) is 16.1. The van der Waals surface area contributed by atoms with Crippen LogP contribution in [0.25, 0.3) is 22.5 Å². The van der Waals surface area contributed by atoms with Gasteiger partial charge in [0.25, 0.3) is 5.91 Å². The highest BCUT2D eigenvalue weighted by atomic mass is 16.1. The van der Waals surface area contributed by atoms with Gasteiger partial charge in [0, 0.05) is 61.5 Å². The van der Waals surface area contributed by atoms with Crippen LogP contribution in [0.4, 0.5) is 5.82 Å². The smallest absolute Gasteiger partial charge is 0.253 e. The maximum Gasteiger partial charge on any atom is 0.253 e. The van der Waals surface area contributed by atoms with Crippen LogP contribution in [-0.4, -0.2) is 41.0 Å². The van der Waals surface area contributed by atoms with Crippen LogP contribution < -0.4 is 10.2 Å². The number of anilines is 1. The quantitative estimate of drug-likeness (QED) is 0.764. The second kappa shape index (κ2) is 6.29. The number of amides is 1. The summed E-state index contributed by atoms with van der Waals surface area (Å²) >= 11 is 0. The molecule has 0 aliphatic carbocycles. The number of hydrogen-bond acceptors (Lipinski definition) is 4. The summed E-state index contributed by atoms with van der Waals surface area (Å²) in [6.07, 6.45) is 4.43. The molecule has 0 saturated carbocycles.